The van der Waals surface area contributed by atoms with E-state index in [2.05, 4.69) is 68.4 Å². The molecule has 2 heterocycles. The first-order valence-electron chi connectivity index (χ1n) is 12.2. The van der Waals surface area contributed by atoms with Crippen molar-refractivity contribution in [3.05, 3.63) is 101 Å². The third-order valence-electron chi connectivity index (χ3n) is 6.94. The molecule has 4 aromatic rings. The number of rotatable bonds is 6. The van der Waals surface area contributed by atoms with Gasteiger partial charge in [0.05, 0.1) is 17.6 Å². The van der Waals surface area contributed by atoms with Crippen LogP contribution in [0.5, 0.6) is 0 Å². The summed E-state index contributed by atoms with van der Waals surface area (Å²) in [6.07, 6.45) is 2.68. The van der Waals surface area contributed by atoms with Crippen LogP contribution in [0.3, 0.4) is 0 Å². The highest BCUT2D eigenvalue weighted by Crippen LogP contribution is 2.25. The molecule has 1 aromatic heterocycles. The number of benzene rings is 3. The molecule has 1 N–H and O–H groups in total. The minimum atomic E-state index is -0.447. The number of hydrogen-bond acceptors (Lipinski definition) is 2. The Morgan fingerprint density at radius 2 is 1.38 bits per heavy atom. The number of aromatic nitrogens is 2. The number of aryl methyl sites for hydroxylation is 2. The van der Waals surface area contributed by atoms with Gasteiger partial charge in [0.1, 0.15) is 6.04 Å². The lowest BCUT2D eigenvalue weighted by Crippen LogP contribution is -2.40. The highest BCUT2D eigenvalue weighted by atomic mass is 16.2. The molecule has 1 atom stereocenters. The molecular weight excluding hydrogens is 420 g/mol. The zero-order chi connectivity index (χ0) is 23.7. The summed E-state index contributed by atoms with van der Waals surface area (Å²) in [7, 11) is 0. The third-order valence-corrected chi connectivity index (χ3v) is 6.94. The normalized spacial score (nSPS) is 14.6. The fourth-order valence-corrected chi connectivity index (χ4v) is 4.99. The molecule has 5 rings (SSSR count). The summed E-state index contributed by atoms with van der Waals surface area (Å²) in [5.41, 5.74) is 6.97. The molecule has 0 aliphatic carbocycles. The van der Waals surface area contributed by atoms with Gasteiger partial charge in [-0.1, -0.05) is 71.8 Å². The predicted molar refractivity (Wildman–Crippen MR) is 136 cm³/mol. The standard InChI is InChI=1S/C29H32N4O/c1-21-9-13-23(14-10-21)19-27(28(34)31-17-5-6-18-31)33-26-8-4-3-7-25(26)32(29(33)30)20-24-15-11-22(2)12-16-24/h3-4,7-16,27,30H,5-6,17-20H2,1-2H3/t27-/m0/s1. The number of hydrogen-bond donors (Lipinski definition) is 1. The maximum Gasteiger partial charge on any atom is 0.246 e. The van der Waals surface area contributed by atoms with Crippen LogP contribution in [-0.4, -0.2) is 33.0 Å². The molecular formula is C29H32N4O. The molecule has 3 aromatic carbocycles. The van der Waals surface area contributed by atoms with Gasteiger partial charge < -0.3 is 9.47 Å². The molecule has 1 fully saturated rings. The molecule has 1 saturated heterocycles. The Labute approximate surface area is 200 Å². The Bertz CT molecular complexity index is 1360. The van der Waals surface area contributed by atoms with Gasteiger partial charge in [-0.3, -0.25) is 14.8 Å². The monoisotopic (exact) mass is 452 g/mol. The van der Waals surface area contributed by atoms with Crippen LogP contribution in [-0.2, 0) is 17.8 Å². The highest BCUT2D eigenvalue weighted by molar-refractivity contribution is 5.84. The number of nitrogens with zero attached hydrogens (tertiary/aromatic N) is 3. The summed E-state index contributed by atoms with van der Waals surface area (Å²) < 4.78 is 3.99. The second kappa shape index (κ2) is 9.34. The molecule has 0 unspecified atom stereocenters. The van der Waals surface area contributed by atoms with Crippen LogP contribution in [0.1, 0.15) is 41.1 Å². The van der Waals surface area contributed by atoms with Crippen molar-refractivity contribution in [3.8, 4) is 0 Å². The van der Waals surface area contributed by atoms with Crippen LogP contribution in [0.2, 0.25) is 0 Å². The summed E-state index contributed by atoms with van der Waals surface area (Å²) in [4.78, 5) is 15.8. The van der Waals surface area contributed by atoms with Crippen molar-refractivity contribution < 1.29 is 4.79 Å². The minimum Gasteiger partial charge on any atom is -0.341 e. The van der Waals surface area contributed by atoms with Crippen LogP contribution in [0, 0.1) is 19.3 Å². The number of fused-ring (bicyclic) bond motifs is 1. The van der Waals surface area contributed by atoms with Gasteiger partial charge >= 0.3 is 0 Å². The second-order valence-electron chi connectivity index (χ2n) is 9.49. The fraction of sp³-hybridized carbons (Fsp3) is 0.310. The van der Waals surface area contributed by atoms with Crippen LogP contribution >= 0.6 is 0 Å². The Balaban J connectivity index is 1.62. The summed E-state index contributed by atoms with van der Waals surface area (Å²) in [6, 6.07) is 24.5. The molecule has 174 valence electrons. The van der Waals surface area contributed by atoms with Gasteiger partial charge in [-0.2, -0.15) is 0 Å². The Morgan fingerprint density at radius 3 is 2.00 bits per heavy atom. The molecule has 0 bridgehead atoms. The van der Waals surface area contributed by atoms with Crippen molar-refractivity contribution in [2.24, 2.45) is 0 Å². The lowest BCUT2D eigenvalue weighted by molar-refractivity contribution is -0.133. The molecule has 1 amide bonds. The number of likely N-dealkylation sites (tertiary alicyclic amines) is 1. The number of amides is 1. The van der Waals surface area contributed by atoms with Crippen molar-refractivity contribution in [3.63, 3.8) is 0 Å². The summed E-state index contributed by atoms with van der Waals surface area (Å²) in [5.74, 6) is 0.120. The van der Waals surface area contributed by atoms with E-state index in [9.17, 15) is 10.2 Å². The fourth-order valence-electron chi connectivity index (χ4n) is 4.99. The van der Waals surface area contributed by atoms with Crippen molar-refractivity contribution >= 4 is 16.9 Å². The predicted octanol–water partition coefficient (Wildman–Crippen LogP) is 4.99. The maximum atomic E-state index is 13.8. The first kappa shape index (κ1) is 22.2. The molecule has 5 heteroatoms. The van der Waals surface area contributed by atoms with E-state index in [1.165, 1.54) is 11.1 Å². The molecule has 0 saturated carbocycles. The largest absolute Gasteiger partial charge is 0.341 e. The van der Waals surface area contributed by atoms with Gasteiger partial charge in [0, 0.05) is 19.5 Å². The van der Waals surface area contributed by atoms with Crippen LogP contribution < -0.4 is 5.62 Å². The third kappa shape index (κ3) is 4.30. The van der Waals surface area contributed by atoms with Crippen LogP contribution in [0.15, 0.2) is 72.8 Å². The quantitative estimate of drug-likeness (QED) is 0.440. The molecule has 5 nitrogen and oxygen atoms in total. The average Bonchev–Trinajstić information content (AvgIpc) is 3.48. The van der Waals surface area contributed by atoms with Gasteiger partial charge in [0.2, 0.25) is 11.5 Å². The van der Waals surface area contributed by atoms with E-state index < -0.39 is 6.04 Å². The minimum absolute atomic E-state index is 0.120. The lowest BCUT2D eigenvalue weighted by atomic mass is 10.0. The number of para-hydroxylation sites is 2. The summed E-state index contributed by atoms with van der Waals surface area (Å²) in [5, 5.41) is 9.22. The van der Waals surface area contributed by atoms with Crippen molar-refractivity contribution in [1.29, 1.82) is 5.41 Å². The van der Waals surface area contributed by atoms with Crippen molar-refractivity contribution in [2.45, 2.75) is 45.7 Å². The maximum absolute atomic E-state index is 13.8. The Morgan fingerprint density at radius 1 is 0.824 bits per heavy atom. The van der Waals surface area contributed by atoms with Crippen molar-refractivity contribution in [1.82, 2.24) is 14.0 Å². The first-order chi connectivity index (χ1) is 16.5. The van der Waals surface area contributed by atoms with E-state index in [4.69, 9.17) is 0 Å². The number of carbonyl (C=O) groups excluding carboxylic acids is 1. The van der Waals surface area contributed by atoms with Gasteiger partial charge in [-0.05, 0) is 49.9 Å². The van der Waals surface area contributed by atoms with E-state index in [-0.39, 0.29) is 5.91 Å². The van der Waals surface area contributed by atoms with E-state index in [0.29, 0.717) is 18.6 Å². The van der Waals surface area contributed by atoms with E-state index in [1.807, 2.05) is 32.2 Å². The highest BCUT2D eigenvalue weighted by Gasteiger charge is 2.30. The Kier molecular flexibility index (Phi) is 6.10. The van der Waals surface area contributed by atoms with Gasteiger partial charge in [0.15, 0.2) is 0 Å². The molecule has 1 aliphatic rings. The number of carbonyl (C=O) groups is 1. The Hall–Kier alpha value is -3.60. The average molecular weight is 453 g/mol. The van der Waals surface area contributed by atoms with E-state index >= 15 is 0 Å². The van der Waals surface area contributed by atoms with E-state index in [1.54, 1.807) is 0 Å². The number of nitrogens with one attached hydrogen (secondary N) is 1. The lowest BCUT2D eigenvalue weighted by Gasteiger charge is -2.25. The zero-order valence-corrected chi connectivity index (χ0v) is 20.0. The van der Waals surface area contributed by atoms with Gasteiger partial charge in [0.25, 0.3) is 0 Å². The number of imidazole rings is 1. The molecule has 34 heavy (non-hydrogen) atoms. The molecule has 0 radical (unpaired) electrons. The SMILES string of the molecule is Cc1ccc(C[C@@H](C(=O)N2CCCC2)n2c(=N)n(Cc3ccc(C)cc3)c3ccccc32)cc1. The topological polar surface area (TPSA) is 54.0 Å². The van der Waals surface area contributed by atoms with Gasteiger partial charge in [-0.25, -0.2) is 0 Å². The van der Waals surface area contributed by atoms with Gasteiger partial charge in [-0.15, -0.1) is 0 Å². The second-order valence-corrected chi connectivity index (χ2v) is 9.49. The molecule has 0 spiro atoms. The molecule has 1 aliphatic heterocycles. The summed E-state index contributed by atoms with van der Waals surface area (Å²) >= 11 is 0. The van der Waals surface area contributed by atoms with Crippen LogP contribution in [0.4, 0.5) is 0 Å². The first-order valence-corrected chi connectivity index (χ1v) is 12.2. The van der Waals surface area contributed by atoms with E-state index in [0.717, 1.165) is 48.1 Å². The summed E-state index contributed by atoms with van der Waals surface area (Å²) in [6.45, 7) is 6.37. The zero-order valence-electron chi connectivity index (χ0n) is 20.0. The van der Waals surface area contributed by atoms with Crippen molar-refractivity contribution in [2.75, 3.05) is 13.1 Å². The van der Waals surface area contributed by atoms with Crippen LogP contribution in [0.25, 0.3) is 11.0 Å². The smallest absolute Gasteiger partial charge is 0.246 e.